The Bertz CT molecular complexity index is 630. The van der Waals surface area contributed by atoms with E-state index in [2.05, 4.69) is 6.92 Å². The average molecular weight is 284 g/mol. The van der Waals surface area contributed by atoms with Gasteiger partial charge in [-0.05, 0) is 55.2 Å². The number of amides is 1. The van der Waals surface area contributed by atoms with Crippen LogP contribution in [0.2, 0.25) is 0 Å². The number of nitrogen functional groups attached to an aromatic ring is 1. The van der Waals surface area contributed by atoms with E-state index in [4.69, 9.17) is 10.2 Å². The van der Waals surface area contributed by atoms with Crippen LogP contribution < -0.4 is 5.73 Å². The standard InChI is InChI=1S/C17H20N2O2/c1-12-3-2-10-19(11-12)17(20)16-9-8-15(21-16)13-4-6-14(18)7-5-13/h4-9,12H,2-3,10-11,18H2,1H3/t12-/m1/s1. The Kier molecular flexibility index (Phi) is 3.69. The highest BCUT2D eigenvalue weighted by atomic mass is 16.4. The molecule has 3 rings (SSSR count). The van der Waals surface area contributed by atoms with E-state index in [1.807, 2.05) is 35.2 Å². The van der Waals surface area contributed by atoms with Crippen LogP contribution in [-0.4, -0.2) is 23.9 Å². The maximum atomic E-state index is 12.5. The van der Waals surface area contributed by atoms with Gasteiger partial charge in [0.2, 0.25) is 0 Å². The summed E-state index contributed by atoms with van der Waals surface area (Å²) in [6.45, 7) is 3.82. The van der Waals surface area contributed by atoms with Gasteiger partial charge >= 0.3 is 0 Å². The molecule has 110 valence electrons. The van der Waals surface area contributed by atoms with E-state index in [1.165, 1.54) is 6.42 Å². The van der Waals surface area contributed by atoms with E-state index in [1.54, 1.807) is 6.07 Å². The number of nitrogens with two attached hydrogens (primary N) is 1. The zero-order valence-electron chi connectivity index (χ0n) is 12.2. The molecule has 4 heteroatoms. The third-order valence-electron chi connectivity index (χ3n) is 3.96. The minimum absolute atomic E-state index is 0.0109. The Balaban J connectivity index is 1.78. The molecule has 0 saturated carbocycles. The van der Waals surface area contributed by atoms with Gasteiger partial charge in [-0.15, -0.1) is 0 Å². The lowest BCUT2D eigenvalue weighted by Crippen LogP contribution is -2.38. The van der Waals surface area contributed by atoms with Gasteiger partial charge in [0.1, 0.15) is 5.76 Å². The molecule has 1 aromatic heterocycles. The lowest BCUT2D eigenvalue weighted by Gasteiger charge is -2.30. The summed E-state index contributed by atoms with van der Waals surface area (Å²) in [5.41, 5.74) is 7.32. The molecule has 1 aromatic carbocycles. The first kappa shape index (κ1) is 13.7. The van der Waals surface area contributed by atoms with Crippen LogP contribution in [0.5, 0.6) is 0 Å². The highest BCUT2D eigenvalue weighted by molar-refractivity contribution is 5.92. The molecule has 0 aliphatic carbocycles. The van der Waals surface area contributed by atoms with Crippen molar-refractivity contribution in [3.8, 4) is 11.3 Å². The van der Waals surface area contributed by atoms with Crippen LogP contribution in [0.15, 0.2) is 40.8 Å². The fraction of sp³-hybridized carbons (Fsp3) is 0.353. The summed E-state index contributed by atoms with van der Waals surface area (Å²) in [5.74, 6) is 1.66. The number of carbonyl (C=O) groups excluding carboxylic acids is 1. The molecule has 2 heterocycles. The van der Waals surface area contributed by atoms with Gasteiger partial charge in [0, 0.05) is 24.3 Å². The summed E-state index contributed by atoms with van der Waals surface area (Å²) in [6.07, 6.45) is 2.26. The molecule has 0 bridgehead atoms. The van der Waals surface area contributed by atoms with Gasteiger partial charge < -0.3 is 15.1 Å². The van der Waals surface area contributed by atoms with Crippen LogP contribution in [0.4, 0.5) is 5.69 Å². The van der Waals surface area contributed by atoms with Crippen LogP contribution in [0.1, 0.15) is 30.3 Å². The number of anilines is 1. The normalized spacial score (nSPS) is 18.7. The second kappa shape index (κ2) is 5.64. The molecule has 0 spiro atoms. The number of nitrogens with zero attached hydrogens (tertiary/aromatic N) is 1. The van der Waals surface area contributed by atoms with Gasteiger partial charge in [0.15, 0.2) is 5.76 Å². The van der Waals surface area contributed by atoms with E-state index >= 15 is 0 Å². The molecule has 1 aliphatic heterocycles. The van der Waals surface area contributed by atoms with Crippen LogP contribution in [0.25, 0.3) is 11.3 Å². The number of benzene rings is 1. The van der Waals surface area contributed by atoms with Gasteiger partial charge in [-0.2, -0.15) is 0 Å². The number of hydrogen-bond acceptors (Lipinski definition) is 3. The van der Waals surface area contributed by atoms with Crippen molar-refractivity contribution in [2.75, 3.05) is 18.8 Å². The van der Waals surface area contributed by atoms with Crippen LogP contribution in [-0.2, 0) is 0 Å². The monoisotopic (exact) mass is 284 g/mol. The SMILES string of the molecule is C[C@@H]1CCCN(C(=O)c2ccc(-c3ccc(N)cc3)o2)C1. The molecule has 1 aliphatic rings. The van der Waals surface area contributed by atoms with Crippen LogP contribution in [0, 0.1) is 5.92 Å². The molecule has 1 fully saturated rings. The highest BCUT2D eigenvalue weighted by Crippen LogP contribution is 2.25. The van der Waals surface area contributed by atoms with E-state index in [0.717, 1.165) is 25.1 Å². The first-order chi connectivity index (χ1) is 10.1. The highest BCUT2D eigenvalue weighted by Gasteiger charge is 2.24. The minimum atomic E-state index is -0.0109. The Hall–Kier alpha value is -2.23. The maximum Gasteiger partial charge on any atom is 0.289 e. The molecule has 0 radical (unpaired) electrons. The third-order valence-corrected chi connectivity index (χ3v) is 3.96. The average Bonchev–Trinajstić information content (AvgIpc) is 2.97. The van der Waals surface area contributed by atoms with Gasteiger partial charge in [-0.1, -0.05) is 6.92 Å². The Morgan fingerprint density at radius 3 is 2.71 bits per heavy atom. The largest absolute Gasteiger partial charge is 0.451 e. The van der Waals surface area contributed by atoms with Gasteiger partial charge in [0.25, 0.3) is 5.91 Å². The zero-order valence-corrected chi connectivity index (χ0v) is 12.2. The van der Waals surface area contributed by atoms with Gasteiger partial charge in [-0.25, -0.2) is 0 Å². The molecule has 2 aromatic rings. The molecular formula is C17H20N2O2. The van der Waals surface area contributed by atoms with E-state index in [9.17, 15) is 4.79 Å². The summed E-state index contributed by atoms with van der Waals surface area (Å²) in [6, 6.07) is 11.0. The summed E-state index contributed by atoms with van der Waals surface area (Å²) >= 11 is 0. The minimum Gasteiger partial charge on any atom is -0.451 e. The molecule has 1 amide bonds. The summed E-state index contributed by atoms with van der Waals surface area (Å²) < 4.78 is 5.73. The Labute approximate surface area is 124 Å². The quantitative estimate of drug-likeness (QED) is 0.860. The van der Waals surface area contributed by atoms with E-state index in [0.29, 0.717) is 23.1 Å². The molecule has 1 atom stereocenters. The predicted octanol–water partition coefficient (Wildman–Crippen LogP) is 3.40. The van der Waals surface area contributed by atoms with E-state index in [-0.39, 0.29) is 5.91 Å². The van der Waals surface area contributed by atoms with Gasteiger partial charge in [0.05, 0.1) is 0 Å². The number of rotatable bonds is 2. The molecule has 2 N–H and O–H groups in total. The Morgan fingerprint density at radius 2 is 2.00 bits per heavy atom. The fourth-order valence-corrected chi connectivity index (χ4v) is 2.79. The predicted molar refractivity (Wildman–Crippen MR) is 82.9 cm³/mol. The van der Waals surface area contributed by atoms with Crippen molar-refractivity contribution in [1.29, 1.82) is 0 Å². The Morgan fingerprint density at radius 1 is 1.24 bits per heavy atom. The number of furan rings is 1. The smallest absolute Gasteiger partial charge is 0.289 e. The summed E-state index contributed by atoms with van der Waals surface area (Å²) in [5, 5.41) is 0. The second-order valence-corrected chi connectivity index (χ2v) is 5.78. The van der Waals surface area contributed by atoms with Crippen molar-refractivity contribution < 1.29 is 9.21 Å². The van der Waals surface area contributed by atoms with E-state index < -0.39 is 0 Å². The maximum absolute atomic E-state index is 12.5. The van der Waals surface area contributed by atoms with Crippen molar-refractivity contribution in [2.45, 2.75) is 19.8 Å². The first-order valence-electron chi connectivity index (χ1n) is 7.38. The second-order valence-electron chi connectivity index (χ2n) is 5.78. The number of carbonyl (C=O) groups is 1. The molecule has 4 nitrogen and oxygen atoms in total. The van der Waals surface area contributed by atoms with Crippen molar-refractivity contribution in [3.05, 3.63) is 42.2 Å². The van der Waals surface area contributed by atoms with Crippen molar-refractivity contribution in [1.82, 2.24) is 4.90 Å². The lowest BCUT2D eigenvalue weighted by molar-refractivity contribution is 0.0652. The third kappa shape index (κ3) is 2.94. The van der Waals surface area contributed by atoms with Crippen LogP contribution >= 0.6 is 0 Å². The van der Waals surface area contributed by atoms with Crippen molar-refractivity contribution >= 4 is 11.6 Å². The molecule has 1 saturated heterocycles. The molecular weight excluding hydrogens is 264 g/mol. The number of likely N-dealkylation sites (tertiary alicyclic amines) is 1. The van der Waals surface area contributed by atoms with Crippen molar-refractivity contribution in [2.24, 2.45) is 5.92 Å². The molecule has 21 heavy (non-hydrogen) atoms. The number of piperidine rings is 1. The zero-order chi connectivity index (χ0) is 14.8. The summed E-state index contributed by atoms with van der Waals surface area (Å²) in [7, 11) is 0. The number of hydrogen-bond donors (Lipinski definition) is 1. The summed E-state index contributed by atoms with van der Waals surface area (Å²) in [4.78, 5) is 14.3. The van der Waals surface area contributed by atoms with Gasteiger partial charge in [-0.3, -0.25) is 4.79 Å². The molecule has 0 unspecified atom stereocenters. The fourth-order valence-electron chi connectivity index (χ4n) is 2.79. The topological polar surface area (TPSA) is 59.5 Å². The van der Waals surface area contributed by atoms with Crippen LogP contribution in [0.3, 0.4) is 0 Å². The lowest BCUT2D eigenvalue weighted by atomic mass is 10.0. The first-order valence-corrected chi connectivity index (χ1v) is 7.38. The van der Waals surface area contributed by atoms with Crippen molar-refractivity contribution in [3.63, 3.8) is 0 Å².